The Kier molecular flexibility index (Phi) is 5.28. The number of hydrogen-bond acceptors (Lipinski definition) is 5. The highest BCUT2D eigenvalue weighted by Gasteiger charge is 2.36. The van der Waals surface area contributed by atoms with Crippen molar-refractivity contribution in [1.82, 2.24) is 4.90 Å². The van der Waals surface area contributed by atoms with Gasteiger partial charge in [0.2, 0.25) is 10.0 Å². The summed E-state index contributed by atoms with van der Waals surface area (Å²) < 4.78 is 49.1. The minimum Gasteiger partial charge on any atom is -0.335 e. The van der Waals surface area contributed by atoms with Gasteiger partial charge in [-0.05, 0) is 49.9 Å². The van der Waals surface area contributed by atoms with Crippen LogP contribution in [-0.2, 0) is 26.3 Å². The third-order valence-electron chi connectivity index (χ3n) is 5.21. The van der Waals surface area contributed by atoms with Gasteiger partial charge in [-0.2, -0.15) is 0 Å². The van der Waals surface area contributed by atoms with Crippen molar-refractivity contribution < 1.29 is 21.6 Å². The van der Waals surface area contributed by atoms with Crippen molar-refractivity contribution in [3.05, 3.63) is 29.3 Å². The van der Waals surface area contributed by atoms with Gasteiger partial charge in [0.1, 0.15) is 0 Å². The molecule has 1 aromatic carbocycles. The van der Waals surface area contributed by atoms with E-state index in [2.05, 4.69) is 0 Å². The third-order valence-corrected chi connectivity index (χ3v) is 8.23. The zero-order chi connectivity index (χ0) is 20.0. The summed E-state index contributed by atoms with van der Waals surface area (Å²) in [7, 11) is -6.46. The molecule has 1 fully saturated rings. The number of nitrogens with zero attached hydrogens (tertiary/aromatic N) is 2. The smallest absolute Gasteiger partial charge is 0.254 e. The van der Waals surface area contributed by atoms with Crippen molar-refractivity contribution in [2.75, 3.05) is 28.6 Å². The zero-order valence-corrected chi connectivity index (χ0v) is 17.5. The monoisotopic (exact) mass is 414 g/mol. The van der Waals surface area contributed by atoms with Gasteiger partial charge in [-0.15, -0.1) is 0 Å². The molecule has 3 rings (SSSR count). The predicted molar refractivity (Wildman–Crippen MR) is 105 cm³/mol. The molecule has 0 bridgehead atoms. The van der Waals surface area contributed by atoms with Crippen molar-refractivity contribution in [1.29, 1.82) is 0 Å². The number of carbonyl (C=O) groups is 1. The van der Waals surface area contributed by atoms with Crippen molar-refractivity contribution in [3.8, 4) is 0 Å². The Balaban J connectivity index is 1.90. The molecule has 2 aliphatic heterocycles. The predicted octanol–water partition coefficient (Wildman–Crippen LogP) is 1.44. The van der Waals surface area contributed by atoms with Crippen LogP contribution >= 0.6 is 0 Å². The molecule has 2 aliphatic rings. The normalized spacial score (nSPS) is 24.0. The number of sulfonamides is 1. The third kappa shape index (κ3) is 3.99. The molecular weight excluding hydrogens is 388 g/mol. The number of hydrogen-bond donors (Lipinski definition) is 0. The van der Waals surface area contributed by atoms with Gasteiger partial charge >= 0.3 is 0 Å². The van der Waals surface area contributed by atoms with Crippen LogP contribution in [0.3, 0.4) is 0 Å². The quantitative estimate of drug-likeness (QED) is 0.727. The van der Waals surface area contributed by atoms with Crippen LogP contribution in [0.2, 0.25) is 0 Å². The maximum atomic E-state index is 13.1. The lowest BCUT2D eigenvalue weighted by atomic mass is 10.0. The number of rotatable bonds is 5. The molecule has 1 aromatic rings. The molecule has 27 heavy (non-hydrogen) atoms. The lowest BCUT2D eigenvalue weighted by Crippen LogP contribution is -2.41. The van der Waals surface area contributed by atoms with E-state index in [4.69, 9.17) is 0 Å². The largest absolute Gasteiger partial charge is 0.335 e. The van der Waals surface area contributed by atoms with Crippen molar-refractivity contribution in [3.63, 3.8) is 0 Å². The molecule has 1 saturated heterocycles. The minimum atomic E-state index is -3.38. The first-order valence-electron chi connectivity index (χ1n) is 9.17. The lowest BCUT2D eigenvalue weighted by molar-refractivity contribution is 0.0697. The summed E-state index contributed by atoms with van der Waals surface area (Å²) >= 11 is 0. The lowest BCUT2D eigenvalue weighted by Gasteiger charge is -2.28. The van der Waals surface area contributed by atoms with Gasteiger partial charge in [0.05, 0.1) is 23.4 Å². The fourth-order valence-electron chi connectivity index (χ4n) is 4.12. The first-order chi connectivity index (χ1) is 12.5. The Morgan fingerprint density at radius 2 is 2.04 bits per heavy atom. The molecule has 2 unspecified atom stereocenters. The Bertz CT molecular complexity index is 956. The molecule has 1 amide bonds. The fourth-order valence-corrected chi connectivity index (χ4v) is 7.11. The topological polar surface area (TPSA) is 91.8 Å². The van der Waals surface area contributed by atoms with E-state index in [0.717, 1.165) is 12.0 Å². The molecule has 0 aliphatic carbocycles. The molecule has 0 aromatic heterocycles. The van der Waals surface area contributed by atoms with Gasteiger partial charge in [-0.25, -0.2) is 16.8 Å². The van der Waals surface area contributed by atoms with Crippen molar-refractivity contribution in [2.24, 2.45) is 0 Å². The minimum absolute atomic E-state index is 0.0164. The van der Waals surface area contributed by atoms with Gasteiger partial charge in [0.25, 0.3) is 5.91 Å². The Morgan fingerprint density at radius 1 is 1.33 bits per heavy atom. The SMILES string of the molecule is CCCN(C(=O)c1ccc2c(c1)CC(C)N2S(C)(=O)=O)C1CCS(=O)(=O)C1. The number of amides is 1. The van der Waals surface area contributed by atoms with E-state index in [1.807, 2.05) is 13.8 Å². The van der Waals surface area contributed by atoms with E-state index in [1.54, 1.807) is 23.1 Å². The fraction of sp³-hybridized carbons (Fsp3) is 0.611. The zero-order valence-electron chi connectivity index (χ0n) is 15.9. The number of carbonyl (C=O) groups excluding carboxylic acids is 1. The van der Waals surface area contributed by atoms with Gasteiger partial charge in [0, 0.05) is 24.2 Å². The van der Waals surface area contributed by atoms with E-state index in [9.17, 15) is 21.6 Å². The van der Waals surface area contributed by atoms with Gasteiger partial charge in [-0.1, -0.05) is 6.92 Å². The summed E-state index contributed by atoms with van der Waals surface area (Å²) in [6.07, 6.45) is 2.94. The maximum absolute atomic E-state index is 13.1. The van der Waals surface area contributed by atoms with E-state index in [0.29, 0.717) is 30.6 Å². The highest BCUT2D eigenvalue weighted by Crippen LogP contribution is 2.35. The van der Waals surface area contributed by atoms with Crippen LogP contribution in [0.25, 0.3) is 0 Å². The molecule has 0 spiro atoms. The molecule has 150 valence electrons. The first-order valence-corrected chi connectivity index (χ1v) is 12.8. The molecule has 0 saturated carbocycles. The summed E-state index contributed by atoms with van der Waals surface area (Å²) in [5.74, 6) is -0.0501. The van der Waals surface area contributed by atoms with Crippen molar-refractivity contribution >= 4 is 31.5 Å². The molecule has 2 atom stereocenters. The van der Waals surface area contributed by atoms with Gasteiger partial charge in [0.15, 0.2) is 9.84 Å². The second-order valence-corrected chi connectivity index (χ2v) is 11.6. The van der Waals surface area contributed by atoms with E-state index in [-0.39, 0.29) is 29.5 Å². The Morgan fingerprint density at radius 3 is 2.59 bits per heavy atom. The molecule has 7 nitrogen and oxygen atoms in total. The van der Waals surface area contributed by atoms with Crippen LogP contribution < -0.4 is 4.31 Å². The highest BCUT2D eigenvalue weighted by molar-refractivity contribution is 7.92. The summed E-state index contributed by atoms with van der Waals surface area (Å²) in [5.41, 5.74) is 1.93. The molecule has 0 N–H and O–H groups in total. The van der Waals surface area contributed by atoms with E-state index in [1.165, 1.54) is 10.6 Å². The standard InChI is InChI=1S/C18H26N2O5S2/c1-4-8-19(16-7-9-27(24,25)12-16)18(21)14-5-6-17-15(11-14)10-13(2)20(17)26(3,22)23/h5-6,11,13,16H,4,7-10,12H2,1-3H3. The molecule has 9 heteroatoms. The average Bonchev–Trinajstić information content (AvgIpc) is 3.09. The summed E-state index contributed by atoms with van der Waals surface area (Å²) in [6, 6.07) is 4.60. The molecule has 2 heterocycles. The summed E-state index contributed by atoms with van der Waals surface area (Å²) in [4.78, 5) is 14.8. The molecular formula is C18H26N2O5S2. The van der Waals surface area contributed by atoms with Crippen LogP contribution in [0.4, 0.5) is 5.69 Å². The second-order valence-electron chi connectivity index (χ2n) is 7.51. The average molecular weight is 415 g/mol. The Hall–Kier alpha value is -1.61. The Labute approximate surface area is 161 Å². The first kappa shape index (κ1) is 20.1. The van der Waals surface area contributed by atoms with Crippen LogP contribution in [0.1, 0.15) is 42.6 Å². The van der Waals surface area contributed by atoms with Crippen LogP contribution in [0.15, 0.2) is 18.2 Å². The number of benzene rings is 1. The van der Waals surface area contributed by atoms with Crippen LogP contribution in [0.5, 0.6) is 0 Å². The summed E-state index contributed by atoms with van der Waals surface area (Å²) in [6.45, 7) is 4.30. The highest BCUT2D eigenvalue weighted by atomic mass is 32.2. The molecule has 0 radical (unpaired) electrons. The second kappa shape index (κ2) is 7.09. The number of sulfone groups is 1. The number of fused-ring (bicyclic) bond motifs is 1. The van der Waals surface area contributed by atoms with E-state index >= 15 is 0 Å². The van der Waals surface area contributed by atoms with Gasteiger partial charge < -0.3 is 4.90 Å². The summed E-state index contributed by atoms with van der Waals surface area (Å²) in [5, 5.41) is 0. The van der Waals surface area contributed by atoms with E-state index < -0.39 is 19.9 Å². The maximum Gasteiger partial charge on any atom is 0.254 e. The van der Waals surface area contributed by atoms with Crippen molar-refractivity contribution in [2.45, 2.75) is 45.2 Å². The van der Waals surface area contributed by atoms with Gasteiger partial charge in [-0.3, -0.25) is 9.10 Å². The van der Waals surface area contributed by atoms with Crippen LogP contribution in [0, 0.1) is 0 Å². The number of anilines is 1. The van der Waals surface area contributed by atoms with Crippen LogP contribution in [-0.4, -0.2) is 64.0 Å².